The van der Waals surface area contributed by atoms with E-state index >= 15 is 0 Å². The van der Waals surface area contributed by atoms with Crippen LogP contribution in [0.1, 0.15) is 57.8 Å². The lowest BCUT2D eigenvalue weighted by molar-refractivity contribution is 0.111. The molecule has 0 heterocycles. The van der Waals surface area contributed by atoms with Crippen LogP contribution in [0.25, 0.3) is 0 Å². The third-order valence-electron chi connectivity index (χ3n) is 4.90. The summed E-state index contributed by atoms with van der Waals surface area (Å²) in [6.45, 7) is 2.00. The van der Waals surface area contributed by atoms with Crippen molar-refractivity contribution in [3.05, 3.63) is 0 Å². The molecule has 2 aliphatic carbocycles. The van der Waals surface area contributed by atoms with Crippen molar-refractivity contribution in [3.8, 4) is 0 Å². The predicted molar refractivity (Wildman–Crippen MR) is 92.7 cm³/mol. The van der Waals surface area contributed by atoms with Crippen LogP contribution in [0.4, 0.5) is 0 Å². The van der Waals surface area contributed by atoms with E-state index in [1.54, 1.807) is 0 Å². The third-order valence-corrected chi connectivity index (χ3v) is 6.18. The van der Waals surface area contributed by atoms with E-state index in [1.807, 2.05) is 13.7 Å². The van der Waals surface area contributed by atoms with Crippen LogP contribution >= 0.6 is 17.3 Å². The first-order valence-corrected chi connectivity index (χ1v) is 11.1. The Hall–Kier alpha value is 0.700. The van der Waals surface area contributed by atoms with Crippen LogP contribution in [0.2, 0.25) is 0 Å². The minimum absolute atomic E-state index is 0.439. The maximum Gasteiger partial charge on any atom is 0.0954 e. The van der Waals surface area contributed by atoms with Gasteiger partial charge in [0.25, 0.3) is 0 Å². The van der Waals surface area contributed by atoms with Crippen molar-refractivity contribution in [1.82, 2.24) is 5.09 Å². The summed E-state index contributed by atoms with van der Waals surface area (Å²) in [6.07, 6.45) is 12.7. The first-order chi connectivity index (χ1) is 10.2. The molecule has 124 valence electrons. The number of nitrogens with two attached hydrogens (primary N) is 1. The van der Waals surface area contributed by atoms with Crippen LogP contribution in [0, 0.1) is 11.8 Å². The fraction of sp³-hybridized carbons (Fsp3) is 1.00. The summed E-state index contributed by atoms with van der Waals surface area (Å²) in [4.78, 5) is 0. The molecule has 6 heteroatoms. The first kappa shape index (κ1) is 18.0. The van der Waals surface area contributed by atoms with E-state index in [2.05, 4.69) is 5.09 Å². The molecular weight excluding hydrogens is 302 g/mol. The van der Waals surface area contributed by atoms with Gasteiger partial charge < -0.3 is 9.05 Å². The second kappa shape index (κ2) is 9.75. The van der Waals surface area contributed by atoms with Gasteiger partial charge in [0, 0.05) is 0 Å². The van der Waals surface area contributed by atoms with Gasteiger partial charge in [0.1, 0.15) is 0 Å². The minimum Gasteiger partial charge on any atom is -0.343 e. The summed E-state index contributed by atoms with van der Waals surface area (Å²) in [5, 5.41) is 3.10. The molecule has 2 aliphatic rings. The zero-order valence-corrected chi connectivity index (χ0v) is 15.4. The second-order valence-corrected chi connectivity index (χ2v) is 8.89. The van der Waals surface area contributed by atoms with Gasteiger partial charge in [-0.3, -0.25) is 10.6 Å². The molecule has 0 aromatic rings. The molecule has 0 saturated heterocycles. The van der Waals surface area contributed by atoms with E-state index in [9.17, 15) is 0 Å². The Morgan fingerprint density at radius 2 is 1.52 bits per heavy atom. The van der Waals surface area contributed by atoms with Gasteiger partial charge in [-0.15, -0.1) is 0 Å². The summed E-state index contributed by atoms with van der Waals surface area (Å²) < 4.78 is 11.6. The standard InChI is InChI=1S/C15H32N2O2P2/c1-17-20-18-14-7-3-12(4-8-14)11-13-5-9-15(10-6-13)19-21(2)16/h12-15,17,20H,3-11,16H2,1-2H3. The van der Waals surface area contributed by atoms with Gasteiger partial charge in [-0.2, -0.15) is 0 Å². The first-order valence-electron chi connectivity index (χ1n) is 8.40. The van der Waals surface area contributed by atoms with Crippen molar-refractivity contribution in [2.24, 2.45) is 17.3 Å². The lowest BCUT2D eigenvalue weighted by Crippen LogP contribution is -2.25. The molecule has 0 radical (unpaired) electrons. The monoisotopic (exact) mass is 334 g/mol. The van der Waals surface area contributed by atoms with Crippen LogP contribution in [-0.4, -0.2) is 25.9 Å². The Morgan fingerprint density at radius 3 is 2.00 bits per heavy atom. The molecule has 21 heavy (non-hydrogen) atoms. The van der Waals surface area contributed by atoms with E-state index in [-0.39, 0.29) is 0 Å². The fourth-order valence-electron chi connectivity index (χ4n) is 3.81. The van der Waals surface area contributed by atoms with Gasteiger partial charge >= 0.3 is 0 Å². The number of nitrogens with one attached hydrogen (secondary N) is 1. The van der Waals surface area contributed by atoms with E-state index < -0.39 is 8.30 Å². The number of hydrogen-bond donors (Lipinski definition) is 2. The minimum atomic E-state index is -0.683. The summed E-state index contributed by atoms with van der Waals surface area (Å²) in [6, 6.07) is 0. The predicted octanol–water partition coefficient (Wildman–Crippen LogP) is 4.16. The summed E-state index contributed by atoms with van der Waals surface area (Å²) in [5.74, 6) is 1.86. The molecule has 0 spiro atoms. The van der Waals surface area contributed by atoms with Gasteiger partial charge in [-0.05, 0) is 83.3 Å². The van der Waals surface area contributed by atoms with Crippen molar-refractivity contribution >= 4 is 17.3 Å². The molecule has 2 unspecified atom stereocenters. The van der Waals surface area contributed by atoms with Crippen LogP contribution in [0.15, 0.2) is 0 Å². The highest BCUT2D eigenvalue weighted by Gasteiger charge is 2.27. The van der Waals surface area contributed by atoms with Crippen LogP contribution < -0.4 is 10.6 Å². The fourth-order valence-corrected chi connectivity index (χ4v) is 5.01. The lowest BCUT2D eigenvalue weighted by atomic mass is 9.76. The van der Waals surface area contributed by atoms with Crippen molar-refractivity contribution in [2.75, 3.05) is 13.7 Å². The van der Waals surface area contributed by atoms with Crippen LogP contribution in [0.5, 0.6) is 0 Å². The van der Waals surface area contributed by atoms with Crippen molar-refractivity contribution in [1.29, 1.82) is 0 Å². The molecule has 0 aromatic heterocycles. The Kier molecular flexibility index (Phi) is 8.38. The Bertz CT molecular complexity index is 279. The average Bonchev–Trinajstić information content (AvgIpc) is 2.48. The molecule has 4 nitrogen and oxygen atoms in total. The Labute approximate surface area is 133 Å². The largest absolute Gasteiger partial charge is 0.343 e. The van der Waals surface area contributed by atoms with Gasteiger partial charge in [0.05, 0.1) is 29.5 Å². The number of rotatable bonds is 7. The SMILES string of the molecule is CNPOC1CCC(CC2CCC(OP(C)N)CC2)CC1. The molecule has 0 amide bonds. The summed E-state index contributed by atoms with van der Waals surface area (Å²) in [7, 11) is 1.74. The maximum atomic E-state index is 5.81. The van der Waals surface area contributed by atoms with Crippen molar-refractivity contribution in [2.45, 2.75) is 70.0 Å². The summed E-state index contributed by atoms with van der Waals surface area (Å²) >= 11 is 0. The molecular formula is C15H32N2O2P2. The molecule has 0 aliphatic heterocycles. The molecule has 2 saturated carbocycles. The zero-order valence-electron chi connectivity index (χ0n) is 13.5. The van der Waals surface area contributed by atoms with Crippen LogP contribution in [0.3, 0.4) is 0 Å². The van der Waals surface area contributed by atoms with E-state index in [0.717, 1.165) is 11.8 Å². The van der Waals surface area contributed by atoms with E-state index in [4.69, 9.17) is 14.6 Å². The smallest absolute Gasteiger partial charge is 0.0954 e. The Balaban J connectivity index is 1.59. The molecule has 2 fully saturated rings. The molecule has 0 aromatic carbocycles. The normalized spacial score (nSPS) is 36.1. The Morgan fingerprint density at radius 1 is 1.00 bits per heavy atom. The van der Waals surface area contributed by atoms with Gasteiger partial charge in [-0.1, -0.05) is 0 Å². The topological polar surface area (TPSA) is 56.5 Å². The molecule has 2 atom stereocenters. The van der Waals surface area contributed by atoms with Gasteiger partial charge in [-0.25, -0.2) is 0 Å². The summed E-state index contributed by atoms with van der Waals surface area (Å²) in [5.41, 5.74) is 5.78. The number of hydrogen-bond acceptors (Lipinski definition) is 4. The highest BCUT2D eigenvalue weighted by atomic mass is 31.2. The van der Waals surface area contributed by atoms with Crippen molar-refractivity contribution < 1.29 is 9.05 Å². The van der Waals surface area contributed by atoms with Gasteiger partial charge in [0.2, 0.25) is 0 Å². The van der Waals surface area contributed by atoms with E-state index in [0.29, 0.717) is 21.2 Å². The molecule has 0 bridgehead atoms. The quantitative estimate of drug-likeness (QED) is 0.687. The van der Waals surface area contributed by atoms with E-state index in [1.165, 1.54) is 57.8 Å². The molecule has 3 N–H and O–H groups in total. The van der Waals surface area contributed by atoms with Gasteiger partial charge in [0.15, 0.2) is 0 Å². The highest BCUT2D eigenvalue weighted by Crippen LogP contribution is 2.39. The second-order valence-electron chi connectivity index (χ2n) is 6.64. The average molecular weight is 334 g/mol. The third kappa shape index (κ3) is 6.77. The highest BCUT2D eigenvalue weighted by molar-refractivity contribution is 7.49. The van der Waals surface area contributed by atoms with Crippen molar-refractivity contribution in [3.63, 3.8) is 0 Å². The lowest BCUT2D eigenvalue weighted by Gasteiger charge is -2.34. The molecule has 2 rings (SSSR count). The zero-order chi connectivity index (χ0) is 15.1. The van der Waals surface area contributed by atoms with Crippen LogP contribution in [-0.2, 0) is 9.05 Å². The maximum absolute atomic E-state index is 5.81.